The van der Waals surface area contributed by atoms with Crippen molar-refractivity contribution in [1.29, 1.82) is 0 Å². The van der Waals surface area contributed by atoms with Crippen LogP contribution in [0.2, 0.25) is 0 Å². The number of ether oxygens (including phenoxy) is 2. The van der Waals surface area contributed by atoms with Crippen molar-refractivity contribution in [3.8, 4) is 5.75 Å². The topological polar surface area (TPSA) is 30.5 Å². The first-order chi connectivity index (χ1) is 9.85. The fourth-order valence-electron chi connectivity index (χ4n) is 1.66. The lowest BCUT2D eigenvalue weighted by molar-refractivity contribution is -0.187. The van der Waals surface area contributed by atoms with Crippen LogP contribution in [-0.2, 0) is 11.3 Å². The Bertz CT molecular complexity index is 465. The van der Waals surface area contributed by atoms with Crippen molar-refractivity contribution in [2.45, 2.75) is 31.6 Å². The molecule has 1 aliphatic carbocycles. The number of rotatable bonds is 7. The van der Waals surface area contributed by atoms with Crippen LogP contribution in [-0.4, -0.2) is 25.6 Å². The minimum Gasteiger partial charge on any atom is -0.461 e. The van der Waals surface area contributed by atoms with Gasteiger partial charge in [0.1, 0.15) is 6.61 Å². The third kappa shape index (κ3) is 5.47. The molecule has 0 saturated heterocycles. The largest absolute Gasteiger partial charge is 0.461 e. The number of hydrogen-bond donors (Lipinski definition) is 1. The molecular formula is C13H14F5NO2. The molecule has 0 amide bonds. The quantitative estimate of drug-likeness (QED) is 0.477. The molecule has 3 nitrogen and oxygen atoms in total. The zero-order chi connectivity index (χ0) is 15.5. The van der Waals surface area contributed by atoms with Crippen LogP contribution in [0.5, 0.6) is 5.75 Å². The molecule has 1 aliphatic rings. The van der Waals surface area contributed by atoms with E-state index in [1.807, 2.05) is 0 Å². The highest BCUT2D eigenvalue weighted by atomic mass is 19.4. The van der Waals surface area contributed by atoms with Crippen molar-refractivity contribution in [1.82, 2.24) is 5.32 Å². The molecule has 0 aromatic heterocycles. The maximum absolute atomic E-state index is 13.6. The van der Waals surface area contributed by atoms with Gasteiger partial charge in [-0.1, -0.05) is 0 Å². The Kier molecular flexibility index (Phi) is 5.00. The molecule has 0 heterocycles. The third-order valence-corrected chi connectivity index (χ3v) is 2.78. The molecule has 1 aromatic carbocycles. The lowest BCUT2D eigenvalue weighted by Crippen LogP contribution is -2.19. The number of nitrogens with one attached hydrogen (secondary N) is 1. The van der Waals surface area contributed by atoms with Crippen LogP contribution in [0.1, 0.15) is 18.4 Å². The number of alkyl halides is 3. The highest BCUT2D eigenvalue weighted by molar-refractivity contribution is 5.31. The first kappa shape index (κ1) is 16.0. The van der Waals surface area contributed by atoms with Gasteiger partial charge in [-0.05, 0) is 30.5 Å². The van der Waals surface area contributed by atoms with Crippen LogP contribution in [0.3, 0.4) is 0 Å². The van der Waals surface area contributed by atoms with Gasteiger partial charge in [0.05, 0.1) is 0 Å². The van der Waals surface area contributed by atoms with E-state index in [9.17, 15) is 22.0 Å². The summed E-state index contributed by atoms with van der Waals surface area (Å²) < 4.78 is 71.4. The predicted octanol–water partition coefficient (Wildman–Crippen LogP) is 3.13. The molecule has 0 aliphatic heterocycles. The van der Waals surface area contributed by atoms with Crippen LogP contribution in [0, 0.1) is 11.6 Å². The van der Waals surface area contributed by atoms with Crippen LogP contribution >= 0.6 is 0 Å². The SMILES string of the molecule is Fc1cc(CNC2CC2)cc(F)c1OCOCC(F)(F)F. The van der Waals surface area contributed by atoms with E-state index in [1.165, 1.54) is 0 Å². The van der Waals surface area contributed by atoms with Gasteiger partial charge in [0.2, 0.25) is 0 Å². The fraction of sp³-hybridized carbons (Fsp3) is 0.538. The molecule has 0 radical (unpaired) electrons. The standard InChI is InChI=1S/C13H14F5NO2/c14-10-3-8(5-19-9-1-2-9)4-11(15)12(10)21-7-20-6-13(16,17)18/h3-4,9,19H,1-2,5-7H2. The third-order valence-electron chi connectivity index (χ3n) is 2.78. The summed E-state index contributed by atoms with van der Waals surface area (Å²) >= 11 is 0. The minimum atomic E-state index is -4.52. The summed E-state index contributed by atoms with van der Waals surface area (Å²) in [5, 5.41) is 3.09. The summed E-state index contributed by atoms with van der Waals surface area (Å²) in [6, 6.07) is 2.55. The van der Waals surface area contributed by atoms with E-state index in [0.717, 1.165) is 25.0 Å². The van der Waals surface area contributed by atoms with Gasteiger partial charge in [0, 0.05) is 12.6 Å². The minimum absolute atomic E-state index is 0.323. The maximum Gasteiger partial charge on any atom is 0.411 e. The molecule has 118 valence electrons. The Morgan fingerprint density at radius 3 is 2.29 bits per heavy atom. The summed E-state index contributed by atoms with van der Waals surface area (Å²) in [5.41, 5.74) is 0.403. The Hall–Kier alpha value is -1.41. The van der Waals surface area contributed by atoms with E-state index in [-0.39, 0.29) is 0 Å². The summed E-state index contributed by atoms with van der Waals surface area (Å²) in [4.78, 5) is 0. The van der Waals surface area contributed by atoms with E-state index in [1.54, 1.807) is 0 Å². The van der Waals surface area contributed by atoms with Crippen LogP contribution in [0.25, 0.3) is 0 Å². The van der Waals surface area contributed by atoms with E-state index in [0.29, 0.717) is 18.2 Å². The number of benzene rings is 1. The summed E-state index contributed by atoms with van der Waals surface area (Å²) in [6.07, 6.45) is -2.43. The fourth-order valence-corrected chi connectivity index (χ4v) is 1.66. The molecule has 0 bridgehead atoms. The van der Waals surface area contributed by atoms with E-state index < -0.39 is 37.0 Å². The van der Waals surface area contributed by atoms with Crippen molar-refractivity contribution < 1.29 is 31.4 Å². The summed E-state index contributed by atoms with van der Waals surface area (Å²) in [5.74, 6) is -2.69. The zero-order valence-corrected chi connectivity index (χ0v) is 11.0. The second kappa shape index (κ2) is 6.57. The maximum atomic E-state index is 13.6. The molecule has 0 unspecified atom stereocenters. The van der Waals surface area contributed by atoms with E-state index in [4.69, 9.17) is 0 Å². The highest BCUT2D eigenvalue weighted by Crippen LogP contribution is 2.25. The van der Waals surface area contributed by atoms with Gasteiger partial charge < -0.3 is 14.8 Å². The lowest BCUT2D eigenvalue weighted by Gasteiger charge is -2.12. The van der Waals surface area contributed by atoms with Crippen LogP contribution in [0.4, 0.5) is 22.0 Å². The Morgan fingerprint density at radius 2 is 1.76 bits per heavy atom. The summed E-state index contributed by atoms with van der Waals surface area (Å²) in [7, 11) is 0. The van der Waals surface area contributed by atoms with Gasteiger partial charge in [-0.25, -0.2) is 8.78 Å². The number of hydrogen-bond acceptors (Lipinski definition) is 3. The van der Waals surface area contributed by atoms with Crippen molar-refractivity contribution in [2.24, 2.45) is 0 Å². The molecule has 1 saturated carbocycles. The second-order valence-corrected chi connectivity index (χ2v) is 4.77. The van der Waals surface area contributed by atoms with E-state index >= 15 is 0 Å². The smallest absolute Gasteiger partial charge is 0.411 e. The van der Waals surface area contributed by atoms with Gasteiger partial charge in [0.15, 0.2) is 24.2 Å². The molecule has 21 heavy (non-hydrogen) atoms. The molecule has 0 spiro atoms. The first-order valence-corrected chi connectivity index (χ1v) is 6.34. The Balaban J connectivity index is 1.86. The van der Waals surface area contributed by atoms with Gasteiger partial charge in [0.25, 0.3) is 0 Å². The molecule has 1 aromatic rings. The molecule has 8 heteroatoms. The van der Waals surface area contributed by atoms with Crippen LogP contribution in [0.15, 0.2) is 12.1 Å². The van der Waals surface area contributed by atoms with E-state index in [2.05, 4.69) is 14.8 Å². The van der Waals surface area contributed by atoms with Crippen molar-refractivity contribution in [3.63, 3.8) is 0 Å². The number of halogens is 5. The molecule has 0 atom stereocenters. The van der Waals surface area contributed by atoms with Gasteiger partial charge in [-0.2, -0.15) is 13.2 Å². The second-order valence-electron chi connectivity index (χ2n) is 4.77. The van der Waals surface area contributed by atoms with Gasteiger partial charge in [-0.15, -0.1) is 0 Å². The van der Waals surface area contributed by atoms with Crippen molar-refractivity contribution in [3.05, 3.63) is 29.3 Å². The Labute approximate surface area is 118 Å². The molecule has 1 N–H and O–H groups in total. The van der Waals surface area contributed by atoms with Gasteiger partial charge >= 0.3 is 6.18 Å². The van der Waals surface area contributed by atoms with Crippen molar-refractivity contribution >= 4 is 0 Å². The average molecular weight is 311 g/mol. The molecule has 1 fully saturated rings. The van der Waals surface area contributed by atoms with Gasteiger partial charge in [-0.3, -0.25) is 0 Å². The van der Waals surface area contributed by atoms with Crippen LogP contribution < -0.4 is 10.1 Å². The molecular weight excluding hydrogens is 297 g/mol. The molecule has 2 rings (SSSR count). The predicted molar refractivity (Wildman–Crippen MR) is 63.7 cm³/mol. The first-order valence-electron chi connectivity index (χ1n) is 6.34. The van der Waals surface area contributed by atoms with Crippen molar-refractivity contribution in [2.75, 3.05) is 13.4 Å². The highest BCUT2D eigenvalue weighted by Gasteiger charge is 2.27. The lowest BCUT2D eigenvalue weighted by atomic mass is 10.2. The Morgan fingerprint density at radius 1 is 1.14 bits per heavy atom. The zero-order valence-electron chi connectivity index (χ0n) is 11.0. The summed E-state index contributed by atoms with van der Waals surface area (Å²) in [6.45, 7) is -2.10. The monoisotopic (exact) mass is 311 g/mol. The average Bonchev–Trinajstić information content (AvgIpc) is 3.17. The normalized spacial score (nSPS) is 15.3.